The molecule has 13 rings (SSSR count). The molecule has 55 heavy (non-hydrogen) atoms. The SMILES string of the molecule is Cc1cc2c3c(c1)-n1c4c(c5cc(C(C)(C)C)cc(c51)B3c1cccc3c1N2C1(C)CCCCC31C)C1(c2ccccc2-c2ccccc21)c1ccccc1-4. The molecule has 1 spiro atoms. The van der Waals surface area contributed by atoms with Crippen molar-refractivity contribution in [3.63, 3.8) is 0 Å². The van der Waals surface area contributed by atoms with E-state index in [-0.39, 0.29) is 23.1 Å². The summed E-state index contributed by atoms with van der Waals surface area (Å²) in [6.45, 7) is 14.9. The number of para-hydroxylation sites is 1. The molecule has 1 aromatic heterocycles. The van der Waals surface area contributed by atoms with Gasteiger partial charge in [0.15, 0.2) is 0 Å². The average Bonchev–Trinajstić information content (AvgIpc) is 3.85. The zero-order valence-electron chi connectivity index (χ0n) is 32.8. The molecule has 266 valence electrons. The van der Waals surface area contributed by atoms with Crippen molar-refractivity contribution in [1.29, 1.82) is 0 Å². The van der Waals surface area contributed by atoms with Gasteiger partial charge in [0.2, 0.25) is 0 Å². The van der Waals surface area contributed by atoms with Gasteiger partial charge in [0.1, 0.15) is 0 Å². The van der Waals surface area contributed by atoms with Gasteiger partial charge in [0.05, 0.1) is 16.6 Å². The standard InChI is InChI=1S/C52H45BN2/c1-30-26-42-45-43(27-30)55-48-39(50(5)24-13-14-25-51(50,55)6)22-15-23-40(48)53(45)41-29-31(49(2,3)4)28-35-44-47(54(42)46(35)41)34-18-9-12-21-38(34)52(44)36-19-10-7-16-32(36)33-17-8-11-20-37(33)52/h7-12,15-23,26-29H,13-14,24-25H2,1-6H3. The van der Waals surface area contributed by atoms with E-state index in [1.165, 1.54) is 126 Å². The molecule has 3 aliphatic carbocycles. The minimum absolute atomic E-state index is 0.0195. The van der Waals surface area contributed by atoms with Crippen LogP contribution in [-0.4, -0.2) is 16.8 Å². The smallest absolute Gasteiger partial charge is 0.252 e. The second-order valence-corrected chi connectivity index (χ2v) is 19.2. The number of aryl methyl sites for hydroxylation is 1. The number of hydrogen-bond acceptors (Lipinski definition) is 1. The van der Waals surface area contributed by atoms with E-state index >= 15 is 0 Å². The monoisotopic (exact) mass is 708 g/mol. The molecular weight excluding hydrogens is 663 g/mol. The maximum absolute atomic E-state index is 2.87. The summed E-state index contributed by atoms with van der Waals surface area (Å²) >= 11 is 0. The Labute approximate surface area is 324 Å². The van der Waals surface area contributed by atoms with Crippen molar-refractivity contribution < 1.29 is 0 Å². The van der Waals surface area contributed by atoms with Crippen LogP contribution in [-0.2, 0) is 16.2 Å². The molecular formula is C52H45BN2. The summed E-state index contributed by atoms with van der Waals surface area (Å²) in [4.78, 5) is 2.87. The van der Waals surface area contributed by atoms with Crippen LogP contribution >= 0.6 is 0 Å². The van der Waals surface area contributed by atoms with Gasteiger partial charge in [-0.1, -0.05) is 138 Å². The predicted octanol–water partition coefficient (Wildman–Crippen LogP) is 10.5. The van der Waals surface area contributed by atoms with Gasteiger partial charge in [-0.05, 0) is 111 Å². The quantitative estimate of drug-likeness (QED) is 0.142. The summed E-state index contributed by atoms with van der Waals surface area (Å²) in [6.07, 6.45) is 5.05. The predicted molar refractivity (Wildman–Crippen MR) is 230 cm³/mol. The first-order chi connectivity index (χ1) is 26.6. The lowest BCUT2D eigenvalue weighted by Gasteiger charge is -2.52. The first kappa shape index (κ1) is 31.0. The molecule has 1 fully saturated rings. The molecule has 3 aliphatic heterocycles. The Morgan fingerprint density at radius 3 is 1.96 bits per heavy atom. The van der Waals surface area contributed by atoms with Crippen molar-refractivity contribution in [3.8, 4) is 28.1 Å². The molecule has 6 aliphatic rings. The molecule has 3 heteroatoms. The molecule has 6 aromatic carbocycles. The van der Waals surface area contributed by atoms with Crippen LogP contribution < -0.4 is 21.3 Å². The Kier molecular flexibility index (Phi) is 5.39. The second-order valence-electron chi connectivity index (χ2n) is 19.2. The highest BCUT2D eigenvalue weighted by atomic mass is 15.3. The summed E-state index contributed by atoms with van der Waals surface area (Å²) in [7, 11) is 0. The Morgan fingerprint density at radius 1 is 0.636 bits per heavy atom. The lowest BCUT2D eigenvalue weighted by atomic mass is 9.33. The molecule has 2 unspecified atom stereocenters. The minimum Gasteiger partial charge on any atom is -0.335 e. The Hall–Kier alpha value is -5.28. The summed E-state index contributed by atoms with van der Waals surface area (Å²) in [5, 5.41) is 1.41. The van der Waals surface area contributed by atoms with Crippen LogP contribution in [0.15, 0.2) is 115 Å². The van der Waals surface area contributed by atoms with E-state index in [2.05, 4.69) is 166 Å². The van der Waals surface area contributed by atoms with Crippen molar-refractivity contribution in [2.24, 2.45) is 0 Å². The number of aromatic nitrogens is 1. The molecule has 0 N–H and O–H groups in total. The number of benzene rings is 6. The van der Waals surface area contributed by atoms with Crippen molar-refractivity contribution >= 4 is 45.4 Å². The Morgan fingerprint density at radius 2 is 1.25 bits per heavy atom. The van der Waals surface area contributed by atoms with Crippen molar-refractivity contribution in [2.75, 3.05) is 4.90 Å². The summed E-state index contributed by atoms with van der Waals surface area (Å²) in [5.41, 5.74) is 25.4. The van der Waals surface area contributed by atoms with E-state index in [0.29, 0.717) is 0 Å². The van der Waals surface area contributed by atoms with Gasteiger partial charge in [-0.25, -0.2) is 0 Å². The molecule has 0 bridgehead atoms. The number of anilines is 2. The number of nitrogens with zero attached hydrogens (tertiary/aromatic N) is 2. The van der Waals surface area contributed by atoms with Gasteiger partial charge in [0, 0.05) is 44.5 Å². The van der Waals surface area contributed by atoms with Crippen LogP contribution in [0.25, 0.3) is 39.0 Å². The van der Waals surface area contributed by atoms with E-state index in [4.69, 9.17) is 0 Å². The maximum Gasteiger partial charge on any atom is 0.252 e. The third-order valence-electron chi connectivity index (χ3n) is 15.7. The molecule has 0 saturated heterocycles. The number of hydrogen-bond donors (Lipinski definition) is 0. The van der Waals surface area contributed by atoms with Crippen molar-refractivity contribution in [1.82, 2.24) is 4.57 Å². The topological polar surface area (TPSA) is 8.17 Å². The van der Waals surface area contributed by atoms with E-state index in [9.17, 15) is 0 Å². The highest BCUT2D eigenvalue weighted by Crippen LogP contribution is 2.66. The van der Waals surface area contributed by atoms with Gasteiger partial charge in [-0.3, -0.25) is 0 Å². The third-order valence-corrected chi connectivity index (χ3v) is 15.7. The zero-order chi connectivity index (χ0) is 37.0. The second kappa shape index (κ2) is 9.56. The fourth-order valence-corrected chi connectivity index (χ4v) is 13.2. The summed E-state index contributed by atoms with van der Waals surface area (Å²) in [6, 6.07) is 45.6. The van der Waals surface area contributed by atoms with Gasteiger partial charge in [-0.15, -0.1) is 0 Å². The van der Waals surface area contributed by atoms with E-state index < -0.39 is 5.41 Å². The lowest BCUT2D eigenvalue weighted by molar-refractivity contribution is 0.195. The first-order valence-corrected chi connectivity index (χ1v) is 20.7. The molecule has 0 amide bonds. The highest BCUT2D eigenvalue weighted by Gasteiger charge is 2.62. The van der Waals surface area contributed by atoms with Crippen molar-refractivity contribution in [2.45, 2.75) is 89.0 Å². The fraction of sp³-hybridized carbons (Fsp3) is 0.269. The van der Waals surface area contributed by atoms with E-state index in [1.807, 2.05) is 0 Å². The molecule has 7 aromatic rings. The Bertz CT molecular complexity index is 2890. The van der Waals surface area contributed by atoms with Crippen molar-refractivity contribution in [3.05, 3.63) is 154 Å². The summed E-state index contributed by atoms with van der Waals surface area (Å²) in [5.74, 6) is 0. The van der Waals surface area contributed by atoms with Crippen LogP contribution in [0.1, 0.15) is 99.2 Å². The minimum atomic E-state index is -0.414. The average molecular weight is 709 g/mol. The molecule has 0 radical (unpaired) electrons. The van der Waals surface area contributed by atoms with Crippen LogP contribution in [0.2, 0.25) is 0 Å². The normalized spacial score (nSPS) is 22.3. The van der Waals surface area contributed by atoms with Crippen LogP contribution in [0, 0.1) is 6.92 Å². The third kappa shape index (κ3) is 3.22. The fourth-order valence-electron chi connectivity index (χ4n) is 13.2. The van der Waals surface area contributed by atoms with Gasteiger partial charge >= 0.3 is 0 Å². The zero-order valence-corrected chi connectivity index (χ0v) is 32.8. The summed E-state index contributed by atoms with van der Waals surface area (Å²) < 4.78 is 2.76. The maximum atomic E-state index is 2.87. The molecule has 2 atom stereocenters. The van der Waals surface area contributed by atoms with Crippen LogP contribution in [0.5, 0.6) is 0 Å². The van der Waals surface area contributed by atoms with Gasteiger partial charge < -0.3 is 9.47 Å². The first-order valence-electron chi connectivity index (χ1n) is 20.7. The number of fused-ring (bicyclic) bond motifs is 19. The van der Waals surface area contributed by atoms with Crippen LogP contribution in [0.4, 0.5) is 11.4 Å². The van der Waals surface area contributed by atoms with E-state index in [1.54, 1.807) is 5.56 Å². The van der Waals surface area contributed by atoms with Gasteiger partial charge in [-0.2, -0.15) is 0 Å². The van der Waals surface area contributed by atoms with E-state index in [0.717, 1.165) is 0 Å². The largest absolute Gasteiger partial charge is 0.335 e. The number of rotatable bonds is 0. The lowest BCUT2D eigenvalue weighted by Crippen LogP contribution is -2.64. The van der Waals surface area contributed by atoms with Crippen LogP contribution in [0.3, 0.4) is 0 Å². The highest BCUT2D eigenvalue weighted by molar-refractivity contribution is 7.00. The molecule has 1 saturated carbocycles. The van der Waals surface area contributed by atoms with Gasteiger partial charge in [0.25, 0.3) is 6.71 Å². The molecule has 2 nitrogen and oxygen atoms in total. The Balaban J connectivity index is 1.25. The molecule has 4 heterocycles.